The maximum absolute atomic E-state index is 10.2. The van der Waals surface area contributed by atoms with Gasteiger partial charge in [0.05, 0.1) is 27.7 Å². The average Bonchev–Trinajstić information content (AvgIpc) is 2.98. The molecule has 0 unspecified atom stereocenters. The number of nitrogens with zero attached hydrogens (tertiary/aromatic N) is 2. The van der Waals surface area contributed by atoms with Gasteiger partial charge < -0.3 is 20.1 Å². The van der Waals surface area contributed by atoms with Crippen LogP contribution in [0.2, 0.25) is 10.0 Å². The highest BCUT2D eigenvalue weighted by molar-refractivity contribution is 7.98. The zero-order chi connectivity index (χ0) is 16.0. The van der Waals surface area contributed by atoms with Gasteiger partial charge in [0, 0.05) is 0 Å². The van der Waals surface area contributed by atoms with Gasteiger partial charge in [0.15, 0.2) is 11.4 Å². The zero-order valence-electron chi connectivity index (χ0n) is 11.5. The normalized spacial score (nSPS) is 28.6. The molecule has 1 aromatic carbocycles. The van der Waals surface area contributed by atoms with E-state index in [-0.39, 0.29) is 6.61 Å². The minimum atomic E-state index is -1.19. The molecule has 0 aliphatic carbocycles. The van der Waals surface area contributed by atoms with Crippen molar-refractivity contribution in [1.29, 1.82) is 0 Å². The standard InChI is InChI=1S/C13H14Cl2N2O4S/c1-22-13-16-7-2-5(14)6(15)3-8(7)17(13)12-11(20)10(19)9(4-18)21-12/h2-3,9-12,18-20H,4H2,1H3/t9-,10+,11+,12+/m0/s1. The van der Waals surface area contributed by atoms with Crippen LogP contribution in [0.4, 0.5) is 0 Å². The van der Waals surface area contributed by atoms with Crippen molar-refractivity contribution in [3.8, 4) is 0 Å². The topological polar surface area (TPSA) is 87.7 Å². The monoisotopic (exact) mass is 364 g/mol. The van der Waals surface area contributed by atoms with Crippen LogP contribution in [0, 0.1) is 0 Å². The van der Waals surface area contributed by atoms with Gasteiger partial charge in [-0.05, 0) is 18.4 Å². The summed E-state index contributed by atoms with van der Waals surface area (Å²) in [4.78, 5) is 4.44. The van der Waals surface area contributed by atoms with Crippen LogP contribution in [0.5, 0.6) is 0 Å². The number of aromatic nitrogens is 2. The Morgan fingerprint density at radius 2 is 1.95 bits per heavy atom. The van der Waals surface area contributed by atoms with E-state index in [1.807, 2.05) is 6.26 Å². The molecule has 9 heteroatoms. The van der Waals surface area contributed by atoms with Gasteiger partial charge in [-0.15, -0.1) is 0 Å². The van der Waals surface area contributed by atoms with Crippen molar-refractivity contribution in [2.75, 3.05) is 12.9 Å². The highest BCUT2D eigenvalue weighted by Gasteiger charge is 2.44. The minimum absolute atomic E-state index is 0.356. The predicted octanol–water partition coefficient (Wildman–Crippen LogP) is 1.68. The predicted molar refractivity (Wildman–Crippen MR) is 84.5 cm³/mol. The molecule has 1 saturated heterocycles. The highest BCUT2D eigenvalue weighted by atomic mass is 35.5. The van der Waals surface area contributed by atoms with Crippen molar-refractivity contribution < 1.29 is 20.1 Å². The Hall–Kier alpha value is -0.540. The molecule has 0 radical (unpaired) electrons. The Labute approximate surface area is 140 Å². The van der Waals surface area contributed by atoms with Gasteiger partial charge >= 0.3 is 0 Å². The quantitative estimate of drug-likeness (QED) is 0.718. The van der Waals surface area contributed by atoms with E-state index in [0.717, 1.165) is 0 Å². The largest absolute Gasteiger partial charge is 0.394 e. The number of ether oxygens (including phenoxy) is 1. The van der Waals surface area contributed by atoms with Crippen molar-refractivity contribution in [3.63, 3.8) is 0 Å². The van der Waals surface area contributed by atoms with Gasteiger partial charge in [0.1, 0.15) is 18.3 Å². The molecule has 0 saturated carbocycles. The first-order valence-corrected chi connectivity index (χ1v) is 8.49. The third-order valence-electron chi connectivity index (χ3n) is 3.65. The van der Waals surface area contributed by atoms with Crippen molar-refractivity contribution in [3.05, 3.63) is 22.2 Å². The van der Waals surface area contributed by atoms with Crippen molar-refractivity contribution in [1.82, 2.24) is 9.55 Å². The van der Waals surface area contributed by atoms with Gasteiger partial charge in [-0.25, -0.2) is 4.98 Å². The van der Waals surface area contributed by atoms with E-state index in [9.17, 15) is 15.3 Å². The fourth-order valence-electron chi connectivity index (χ4n) is 2.55. The Balaban J connectivity index is 2.15. The molecule has 0 amide bonds. The fraction of sp³-hybridized carbons (Fsp3) is 0.462. The zero-order valence-corrected chi connectivity index (χ0v) is 13.8. The lowest BCUT2D eigenvalue weighted by atomic mass is 10.1. The molecule has 1 aliphatic rings. The first kappa shape index (κ1) is 16.3. The van der Waals surface area contributed by atoms with E-state index in [2.05, 4.69) is 4.98 Å². The van der Waals surface area contributed by atoms with Crippen molar-refractivity contribution in [2.24, 2.45) is 0 Å². The smallest absolute Gasteiger partial charge is 0.170 e. The summed E-state index contributed by atoms with van der Waals surface area (Å²) >= 11 is 13.4. The number of fused-ring (bicyclic) bond motifs is 1. The van der Waals surface area contributed by atoms with E-state index < -0.39 is 24.5 Å². The summed E-state index contributed by atoms with van der Waals surface area (Å²) in [5.74, 6) is 0. The van der Waals surface area contributed by atoms with Gasteiger partial charge in [0.25, 0.3) is 0 Å². The molecule has 4 atom stereocenters. The number of thioether (sulfide) groups is 1. The summed E-state index contributed by atoms with van der Waals surface area (Å²) in [6.45, 7) is -0.386. The molecule has 1 aliphatic heterocycles. The number of aliphatic hydroxyl groups excluding tert-OH is 3. The summed E-state index contributed by atoms with van der Waals surface area (Å²) < 4.78 is 7.24. The molecule has 2 aromatic rings. The lowest BCUT2D eigenvalue weighted by molar-refractivity contribution is -0.0545. The number of benzene rings is 1. The molecular weight excluding hydrogens is 351 g/mol. The minimum Gasteiger partial charge on any atom is -0.394 e. The second-order valence-electron chi connectivity index (χ2n) is 4.95. The molecule has 0 bridgehead atoms. The van der Waals surface area contributed by atoms with Gasteiger partial charge in [-0.3, -0.25) is 4.57 Å². The Morgan fingerprint density at radius 3 is 2.55 bits per heavy atom. The summed E-state index contributed by atoms with van der Waals surface area (Å²) in [7, 11) is 0. The van der Waals surface area contributed by atoms with Gasteiger partial charge in [0.2, 0.25) is 0 Å². The second kappa shape index (κ2) is 6.16. The fourth-order valence-corrected chi connectivity index (χ4v) is 3.46. The average molecular weight is 365 g/mol. The number of hydrogen-bond acceptors (Lipinski definition) is 6. The number of imidazole rings is 1. The SMILES string of the molecule is CSc1nc2cc(Cl)c(Cl)cc2n1[C@@H]1O[C@@H](CO)[C@@H](O)[C@H]1O. The first-order valence-electron chi connectivity index (χ1n) is 6.51. The lowest BCUT2D eigenvalue weighted by Crippen LogP contribution is -2.33. The number of hydrogen-bond donors (Lipinski definition) is 3. The van der Waals surface area contributed by atoms with E-state index in [0.29, 0.717) is 26.2 Å². The van der Waals surface area contributed by atoms with Gasteiger partial charge in [-0.1, -0.05) is 35.0 Å². The van der Waals surface area contributed by atoms with Crippen LogP contribution >= 0.6 is 35.0 Å². The molecule has 120 valence electrons. The van der Waals surface area contributed by atoms with Crippen LogP contribution in [0.15, 0.2) is 17.3 Å². The Kier molecular flexibility index (Phi) is 4.57. The summed E-state index contributed by atoms with van der Waals surface area (Å²) in [5, 5.41) is 30.7. The molecule has 3 N–H and O–H groups in total. The maximum Gasteiger partial charge on any atom is 0.170 e. The Bertz CT molecular complexity index is 711. The van der Waals surface area contributed by atoms with Crippen LogP contribution < -0.4 is 0 Å². The first-order chi connectivity index (χ1) is 10.5. The number of rotatable bonds is 3. The molecule has 2 heterocycles. The third kappa shape index (κ3) is 2.50. The van der Waals surface area contributed by atoms with Crippen LogP contribution in [-0.4, -0.2) is 56.0 Å². The molecular formula is C13H14Cl2N2O4S. The third-order valence-corrected chi connectivity index (χ3v) is 5.03. The summed E-state index contributed by atoms with van der Waals surface area (Å²) in [5.41, 5.74) is 1.24. The lowest BCUT2D eigenvalue weighted by Gasteiger charge is -2.19. The molecule has 1 aromatic heterocycles. The maximum atomic E-state index is 10.2. The van der Waals surface area contributed by atoms with E-state index >= 15 is 0 Å². The molecule has 3 rings (SSSR count). The van der Waals surface area contributed by atoms with Crippen LogP contribution in [0.25, 0.3) is 11.0 Å². The summed E-state index contributed by atoms with van der Waals surface area (Å²) in [6.07, 6.45) is -2.24. The van der Waals surface area contributed by atoms with Crippen LogP contribution in [-0.2, 0) is 4.74 Å². The second-order valence-corrected chi connectivity index (χ2v) is 6.54. The van der Waals surface area contributed by atoms with Crippen molar-refractivity contribution >= 4 is 46.0 Å². The molecule has 6 nitrogen and oxygen atoms in total. The van der Waals surface area contributed by atoms with E-state index in [4.69, 9.17) is 27.9 Å². The van der Waals surface area contributed by atoms with Gasteiger partial charge in [-0.2, -0.15) is 0 Å². The van der Waals surface area contributed by atoms with Crippen molar-refractivity contribution in [2.45, 2.75) is 29.7 Å². The molecule has 0 spiro atoms. The number of aliphatic hydroxyl groups is 3. The number of halogens is 2. The van der Waals surface area contributed by atoms with Crippen LogP contribution in [0.1, 0.15) is 6.23 Å². The van der Waals surface area contributed by atoms with E-state index in [1.165, 1.54) is 11.8 Å². The van der Waals surface area contributed by atoms with Crippen LogP contribution in [0.3, 0.4) is 0 Å². The highest BCUT2D eigenvalue weighted by Crippen LogP contribution is 2.37. The van der Waals surface area contributed by atoms with E-state index in [1.54, 1.807) is 16.7 Å². The molecule has 1 fully saturated rings. The molecule has 22 heavy (non-hydrogen) atoms. The Morgan fingerprint density at radius 1 is 1.27 bits per heavy atom. The summed E-state index contributed by atoms with van der Waals surface area (Å²) in [6, 6.07) is 3.28.